The number of nitrogens with one attached hydrogen (secondary N) is 1. The van der Waals surface area contributed by atoms with Crippen LogP contribution in [0.2, 0.25) is 0 Å². The summed E-state index contributed by atoms with van der Waals surface area (Å²) in [6, 6.07) is 15.6. The zero-order chi connectivity index (χ0) is 24.5. The van der Waals surface area contributed by atoms with Gasteiger partial charge in [0.15, 0.2) is 6.61 Å². The van der Waals surface area contributed by atoms with Gasteiger partial charge < -0.3 is 15.0 Å². The molecule has 5 heteroatoms. The Hall–Kier alpha value is -2.82. The van der Waals surface area contributed by atoms with Crippen LogP contribution in [-0.2, 0) is 16.1 Å². The Bertz CT molecular complexity index is 933. The van der Waals surface area contributed by atoms with E-state index in [1.165, 1.54) is 12.0 Å². The van der Waals surface area contributed by atoms with E-state index in [1.807, 2.05) is 56.3 Å². The minimum absolute atomic E-state index is 0.0586. The number of carbonyl (C=O) groups excluding carboxylic acids is 2. The molecule has 1 N–H and O–H groups in total. The molecule has 1 atom stereocenters. The Kier molecular flexibility index (Phi) is 9.55. The highest BCUT2D eigenvalue weighted by Gasteiger charge is 2.30. The number of ether oxygens (including phenoxy) is 1. The zero-order valence-electron chi connectivity index (χ0n) is 21.2. The second-order valence-corrected chi connectivity index (χ2v) is 9.79. The first-order valence-electron chi connectivity index (χ1n) is 12.8. The minimum atomic E-state index is -0.526. The number of amides is 2. The van der Waals surface area contributed by atoms with Crippen LogP contribution in [0.5, 0.6) is 5.75 Å². The van der Waals surface area contributed by atoms with E-state index < -0.39 is 6.04 Å². The van der Waals surface area contributed by atoms with Crippen molar-refractivity contribution >= 4 is 11.8 Å². The summed E-state index contributed by atoms with van der Waals surface area (Å²) in [4.78, 5) is 28.4. The van der Waals surface area contributed by atoms with Crippen molar-refractivity contribution in [1.82, 2.24) is 10.2 Å². The molecule has 184 valence electrons. The van der Waals surface area contributed by atoms with Crippen LogP contribution in [-0.4, -0.2) is 35.4 Å². The summed E-state index contributed by atoms with van der Waals surface area (Å²) in [5.74, 6) is 0.859. The van der Waals surface area contributed by atoms with Crippen molar-refractivity contribution in [1.29, 1.82) is 0 Å². The van der Waals surface area contributed by atoms with Crippen LogP contribution in [0.4, 0.5) is 0 Å². The van der Waals surface area contributed by atoms with Gasteiger partial charge in [0.1, 0.15) is 11.8 Å². The fraction of sp³-hybridized carbons (Fsp3) is 0.517. The normalized spacial score (nSPS) is 15.1. The molecule has 0 bridgehead atoms. The van der Waals surface area contributed by atoms with E-state index in [0.717, 1.165) is 36.8 Å². The minimum Gasteiger partial charge on any atom is -0.484 e. The van der Waals surface area contributed by atoms with E-state index in [0.29, 0.717) is 24.6 Å². The molecule has 0 heterocycles. The van der Waals surface area contributed by atoms with Crippen molar-refractivity contribution < 1.29 is 14.3 Å². The fourth-order valence-electron chi connectivity index (χ4n) is 4.65. The largest absolute Gasteiger partial charge is 0.484 e. The molecule has 34 heavy (non-hydrogen) atoms. The summed E-state index contributed by atoms with van der Waals surface area (Å²) in [5.41, 5.74) is 3.37. The van der Waals surface area contributed by atoms with Gasteiger partial charge in [0, 0.05) is 12.6 Å². The van der Waals surface area contributed by atoms with Crippen molar-refractivity contribution in [2.45, 2.75) is 90.8 Å². The quantitative estimate of drug-likeness (QED) is 0.487. The molecule has 5 nitrogen and oxygen atoms in total. The van der Waals surface area contributed by atoms with E-state index in [4.69, 9.17) is 4.74 Å². The summed E-state index contributed by atoms with van der Waals surface area (Å²) in [6.07, 6.45) is 6.12. The number of hydrogen-bond acceptors (Lipinski definition) is 3. The molecule has 1 aliphatic rings. The van der Waals surface area contributed by atoms with Crippen LogP contribution in [0, 0.1) is 6.92 Å². The molecule has 0 unspecified atom stereocenters. The van der Waals surface area contributed by atoms with Gasteiger partial charge in [0.25, 0.3) is 5.91 Å². The lowest BCUT2D eigenvalue weighted by Crippen LogP contribution is -2.52. The predicted molar refractivity (Wildman–Crippen MR) is 137 cm³/mol. The van der Waals surface area contributed by atoms with Crippen LogP contribution < -0.4 is 10.1 Å². The van der Waals surface area contributed by atoms with Crippen molar-refractivity contribution in [3.8, 4) is 5.75 Å². The van der Waals surface area contributed by atoms with Crippen LogP contribution in [0.25, 0.3) is 0 Å². The summed E-state index contributed by atoms with van der Waals surface area (Å²) >= 11 is 0. The predicted octanol–water partition coefficient (Wildman–Crippen LogP) is 5.75. The Morgan fingerprint density at radius 2 is 1.76 bits per heavy atom. The van der Waals surface area contributed by atoms with Crippen molar-refractivity contribution in [2.24, 2.45) is 0 Å². The monoisotopic (exact) mass is 464 g/mol. The maximum atomic E-state index is 13.4. The van der Waals surface area contributed by atoms with Gasteiger partial charge in [0.2, 0.25) is 5.91 Å². The summed E-state index contributed by atoms with van der Waals surface area (Å²) in [7, 11) is 0. The highest BCUT2D eigenvalue weighted by atomic mass is 16.5. The van der Waals surface area contributed by atoms with Gasteiger partial charge >= 0.3 is 0 Å². The standard InChI is InChI=1S/C29H40N2O3/c1-5-27(29(33)30-25-12-7-6-8-13-25)31(19-23-11-9-10-22(4)18-23)28(32)20-34-26-16-14-24(15-17-26)21(2)3/h9-11,14-18,21,25,27H,5-8,12-13,19-20H2,1-4H3,(H,30,33)/t27-/m1/s1. The number of carbonyl (C=O) groups is 2. The Labute approximate surface area is 204 Å². The molecule has 2 aromatic rings. The molecule has 3 rings (SSSR count). The van der Waals surface area contributed by atoms with Gasteiger partial charge in [-0.1, -0.05) is 82.0 Å². The number of hydrogen-bond donors (Lipinski definition) is 1. The average Bonchev–Trinajstić information content (AvgIpc) is 2.83. The van der Waals surface area contributed by atoms with E-state index in [9.17, 15) is 9.59 Å². The van der Waals surface area contributed by atoms with Gasteiger partial charge in [-0.15, -0.1) is 0 Å². The molecule has 0 aliphatic heterocycles. The number of aryl methyl sites for hydroxylation is 1. The molecule has 0 spiro atoms. The lowest BCUT2D eigenvalue weighted by Gasteiger charge is -2.32. The first kappa shape index (κ1) is 25.8. The van der Waals surface area contributed by atoms with Gasteiger partial charge in [-0.2, -0.15) is 0 Å². The molecule has 0 saturated heterocycles. The third-order valence-electron chi connectivity index (χ3n) is 6.68. The maximum Gasteiger partial charge on any atom is 0.261 e. The average molecular weight is 465 g/mol. The lowest BCUT2D eigenvalue weighted by atomic mass is 9.95. The molecule has 1 saturated carbocycles. The van der Waals surface area contributed by atoms with Crippen molar-refractivity contribution in [2.75, 3.05) is 6.61 Å². The Balaban J connectivity index is 1.73. The lowest BCUT2D eigenvalue weighted by molar-refractivity contribution is -0.143. The summed E-state index contributed by atoms with van der Waals surface area (Å²) < 4.78 is 5.85. The van der Waals surface area contributed by atoms with Crippen LogP contribution in [0.3, 0.4) is 0 Å². The molecule has 0 radical (unpaired) electrons. The molecular formula is C29H40N2O3. The molecule has 2 aromatic carbocycles. The van der Waals surface area contributed by atoms with E-state index >= 15 is 0 Å². The number of benzene rings is 2. The van der Waals surface area contributed by atoms with Crippen LogP contribution in [0.1, 0.15) is 81.9 Å². The van der Waals surface area contributed by atoms with Gasteiger partial charge in [-0.3, -0.25) is 9.59 Å². The summed E-state index contributed by atoms with van der Waals surface area (Å²) in [5, 5.41) is 3.22. The zero-order valence-corrected chi connectivity index (χ0v) is 21.2. The second-order valence-electron chi connectivity index (χ2n) is 9.79. The first-order chi connectivity index (χ1) is 16.4. The SMILES string of the molecule is CC[C@H](C(=O)NC1CCCCC1)N(Cc1cccc(C)c1)C(=O)COc1ccc(C(C)C)cc1. The molecule has 1 fully saturated rings. The highest BCUT2D eigenvalue weighted by molar-refractivity contribution is 5.88. The van der Waals surface area contributed by atoms with Crippen molar-refractivity contribution in [3.63, 3.8) is 0 Å². The first-order valence-corrected chi connectivity index (χ1v) is 12.8. The van der Waals surface area contributed by atoms with Crippen molar-refractivity contribution in [3.05, 3.63) is 65.2 Å². The maximum absolute atomic E-state index is 13.4. The van der Waals surface area contributed by atoms with Crippen LogP contribution >= 0.6 is 0 Å². The molecule has 0 aromatic heterocycles. The van der Waals surface area contributed by atoms with E-state index in [2.05, 4.69) is 25.2 Å². The molecule has 2 amide bonds. The third-order valence-corrected chi connectivity index (χ3v) is 6.68. The van der Waals surface area contributed by atoms with E-state index in [1.54, 1.807) is 4.90 Å². The Morgan fingerprint density at radius 1 is 1.06 bits per heavy atom. The highest BCUT2D eigenvalue weighted by Crippen LogP contribution is 2.21. The smallest absolute Gasteiger partial charge is 0.261 e. The topological polar surface area (TPSA) is 58.6 Å². The third kappa shape index (κ3) is 7.34. The fourth-order valence-corrected chi connectivity index (χ4v) is 4.65. The van der Waals surface area contributed by atoms with Crippen LogP contribution in [0.15, 0.2) is 48.5 Å². The molecule has 1 aliphatic carbocycles. The summed E-state index contributed by atoms with van der Waals surface area (Å²) in [6.45, 7) is 8.57. The molecular weight excluding hydrogens is 424 g/mol. The van der Waals surface area contributed by atoms with E-state index in [-0.39, 0.29) is 24.5 Å². The number of nitrogens with zero attached hydrogens (tertiary/aromatic N) is 1. The van der Waals surface area contributed by atoms with Gasteiger partial charge in [-0.25, -0.2) is 0 Å². The number of rotatable bonds is 10. The van der Waals surface area contributed by atoms with Gasteiger partial charge in [0.05, 0.1) is 0 Å². The second kappa shape index (κ2) is 12.6. The van der Waals surface area contributed by atoms with Gasteiger partial charge in [-0.05, 0) is 55.4 Å². The Morgan fingerprint density at radius 3 is 2.38 bits per heavy atom.